The highest BCUT2D eigenvalue weighted by atomic mass is 19.3. The molecule has 0 radical (unpaired) electrons. The first-order valence-corrected chi connectivity index (χ1v) is 5.47. The van der Waals surface area contributed by atoms with E-state index in [1.807, 2.05) is 34.6 Å². The third-order valence-corrected chi connectivity index (χ3v) is 2.27. The second-order valence-electron chi connectivity index (χ2n) is 4.65. The Bertz CT molecular complexity index is 172. The molecule has 0 spiro atoms. The quantitative estimate of drug-likeness (QED) is 0.716. The van der Waals surface area contributed by atoms with Gasteiger partial charge in [0.25, 0.3) is 5.92 Å². The van der Waals surface area contributed by atoms with Gasteiger partial charge in [0.2, 0.25) is 0 Å². The standard InChI is InChI=1S/C11H23F2NO/c1-8(2)10(5)15-7-11(12,13)6-14-9(3)4/h8-10,14H,6-7H2,1-5H3. The summed E-state index contributed by atoms with van der Waals surface area (Å²) in [6, 6.07) is 0.0680. The number of ether oxygens (including phenoxy) is 1. The van der Waals surface area contributed by atoms with Crippen molar-refractivity contribution in [2.45, 2.75) is 52.7 Å². The molecule has 0 aromatic rings. The lowest BCUT2D eigenvalue weighted by Crippen LogP contribution is -2.40. The van der Waals surface area contributed by atoms with Gasteiger partial charge < -0.3 is 10.1 Å². The molecular formula is C11H23F2NO. The van der Waals surface area contributed by atoms with E-state index in [4.69, 9.17) is 4.74 Å². The Kier molecular flexibility index (Phi) is 6.29. The van der Waals surface area contributed by atoms with Crippen LogP contribution >= 0.6 is 0 Å². The van der Waals surface area contributed by atoms with E-state index in [-0.39, 0.29) is 24.6 Å². The number of hydrogen-bond donors (Lipinski definition) is 1. The van der Waals surface area contributed by atoms with Crippen LogP contribution in [0.15, 0.2) is 0 Å². The molecule has 1 N–H and O–H groups in total. The van der Waals surface area contributed by atoms with E-state index in [9.17, 15) is 8.78 Å². The molecule has 1 atom stereocenters. The van der Waals surface area contributed by atoms with Gasteiger partial charge in [0.1, 0.15) is 6.61 Å². The first kappa shape index (κ1) is 14.8. The molecule has 0 aliphatic rings. The lowest BCUT2D eigenvalue weighted by Gasteiger charge is -2.22. The highest BCUT2D eigenvalue weighted by molar-refractivity contribution is 4.71. The van der Waals surface area contributed by atoms with Crippen LogP contribution in [0.4, 0.5) is 8.78 Å². The van der Waals surface area contributed by atoms with Crippen molar-refractivity contribution in [1.29, 1.82) is 0 Å². The number of halogens is 2. The Morgan fingerprint density at radius 1 is 1.13 bits per heavy atom. The van der Waals surface area contributed by atoms with Crippen molar-refractivity contribution in [3.63, 3.8) is 0 Å². The van der Waals surface area contributed by atoms with Crippen LogP contribution in [0, 0.1) is 5.92 Å². The lowest BCUT2D eigenvalue weighted by molar-refractivity contribution is -0.102. The fraction of sp³-hybridized carbons (Fsp3) is 1.00. The summed E-state index contributed by atoms with van der Waals surface area (Å²) < 4.78 is 31.6. The maximum Gasteiger partial charge on any atom is 0.283 e. The van der Waals surface area contributed by atoms with Gasteiger partial charge in [-0.05, 0) is 12.8 Å². The summed E-state index contributed by atoms with van der Waals surface area (Å²) in [5, 5.41) is 2.71. The van der Waals surface area contributed by atoms with Crippen LogP contribution in [-0.2, 0) is 4.74 Å². The molecule has 0 saturated heterocycles. The number of hydrogen-bond acceptors (Lipinski definition) is 2. The van der Waals surface area contributed by atoms with Crippen LogP contribution in [0.1, 0.15) is 34.6 Å². The lowest BCUT2D eigenvalue weighted by atomic mass is 10.1. The fourth-order valence-corrected chi connectivity index (χ4v) is 0.850. The summed E-state index contributed by atoms with van der Waals surface area (Å²) in [6.07, 6.45) is -0.130. The number of rotatable bonds is 7. The van der Waals surface area contributed by atoms with Crippen LogP contribution in [0.25, 0.3) is 0 Å². The molecule has 2 nitrogen and oxygen atoms in total. The van der Waals surface area contributed by atoms with Gasteiger partial charge in [0.15, 0.2) is 0 Å². The minimum atomic E-state index is -2.78. The van der Waals surface area contributed by atoms with Crippen molar-refractivity contribution in [3.8, 4) is 0 Å². The van der Waals surface area contributed by atoms with Crippen molar-refractivity contribution < 1.29 is 13.5 Å². The van der Waals surface area contributed by atoms with Crippen LogP contribution in [0.2, 0.25) is 0 Å². The van der Waals surface area contributed by atoms with Crippen LogP contribution in [0.3, 0.4) is 0 Å². The predicted octanol–water partition coefficient (Wildman–Crippen LogP) is 2.68. The number of nitrogens with one attached hydrogen (secondary N) is 1. The Morgan fingerprint density at radius 2 is 1.67 bits per heavy atom. The summed E-state index contributed by atoms with van der Waals surface area (Å²) >= 11 is 0. The summed E-state index contributed by atoms with van der Waals surface area (Å²) in [6.45, 7) is 8.57. The van der Waals surface area contributed by atoms with Crippen LogP contribution < -0.4 is 5.32 Å². The van der Waals surface area contributed by atoms with Crippen molar-refractivity contribution in [3.05, 3.63) is 0 Å². The van der Waals surface area contributed by atoms with Gasteiger partial charge in [-0.1, -0.05) is 27.7 Å². The Morgan fingerprint density at radius 3 is 2.07 bits per heavy atom. The molecule has 0 bridgehead atoms. The molecule has 0 fully saturated rings. The van der Waals surface area contributed by atoms with Crippen molar-refractivity contribution >= 4 is 0 Å². The normalized spacial score (nSPS) is 15.0. The molecule has 0 amide bonds. The Labute approximate surface area is 91.4 Å². The zero-order valence-electron chi connectivity index (χ0n) is 10.3. The highest BCUT2D eigenvalue weighted by Crippen LogP contribution is 2.15. The van der Waals surface area contributed by atoms with Gasteiger partial charge in [-0.25, -0.2) is 8.78 Å². The van der Waals surface area contributed by atoms with E-state index < -0.39 is 12.5 Å². The molecule has 0 aromatic carbocycles. The van der Waals surface area contributed by atoms with Crippen LogP contribution in [-0.4, -0.2) is 31.2 Å². The van der Waals surface area contributed by atoms with E-state index in [1.165, 1.54) is 0 Å². The molecule has 0 rings (SSSR count). The smallest absolute Gasteiger partial charge is 0.283 e. The van der Waals surface area contributed by atoms with Crippen LogP contribution in [0.5, 0.6) is 0 Å². The zero-order chi connectivity index (χ0) is 12.1. The molecule has 0 aromatic heterocycles. The minimum absolute atomic E-state index is 0.0680. The molecule has 0 saturated carbocycles. The average Bonchev–Trinajstić information content (AvgIpc) is 2.11. The molecule has 1 unspecified atom stereocenters. The monoisotopic (exact) mass is 223 g/mol. The third kappa shape index (κ3) is 7.68. The molecular weight excluding hydrogens is 200 g/mol. The van der Waals surface area contributed by atoms with E-state index in [2.05, 4.69) is 5.32 Å². The van der Waals surface area contributed by atoms with Crippen molar-refractivity contribution in [2.75, 3.05) is 13.2 Å². The minimum Gasteiger partial charge on any atom is -0.372 e. The van der Waals surface area contributed by atoms with Gasteiger partial charge in [-0.15, -0.1) is 0 Å². The zero-order valence-corrected chi connectivity index (χ0v) is 10.3. The summed E-state index contributed by atoms with van der Waals surface area (Å²) in [5.74, 6) is -2.52. The maximum atomic E-state index is 13.2. The first-order chi connectivity index (χ1) is 6.74. The van der Waals surface area contributed by atoms with E-state index in [0.29, 0.717) is 0 Å². The Balaban J connectivity index is 3.82. The van der Waals surface area contributed by atoms with Gasteiger partial charge in [0, 0.05) is 6.04 Å². The van der Waals surface area contributed by atoms with Crippen molar-refractivity contribution in [1.82, 2.24) is 5.32 Å². The van der Waals surface area contributed by atoms with Gasteiger partial charge in [-0.2, -0.15) is 0 Å². The number of alkyl halides is 2. The molecule has 0 aliphatic heterocycles. The molecule has 92 valence electrons. The second-order valence-corrected chi connectivity index (χ2v) is 4.65. The highest BCUT2D eigenvalue weighted by Gasteiger charge is 2.30. The summed E-state index contributed by atoms with van der Waals surface area (Å²) in [7, 11) is 0. The average molecular weight is 223 g/mol. The molecule has 15 heavy (non-hydrogen) atoms. The maximum absolute atomic E-state index is 13.2. The second kappa shape index (κ2) is 6.38. The summed E-state index contributed by atoms with van der Waals surface area (Å²) in [4.78, 5) is 0. The fourth-order valence-electron chi connectivity index (χ4n) is 0.850. The SMILES string of the molecule is CC(C)NCC(F)(F)COC(C)C(C)C. The largest absolute Gasteiger partial charge is 0.372 e. The van der Waals surface area contributed by atoms with Gasteiger partial charge in [-0.3, -0.25) is 0 Å². The molecule has 0 aliphatic carbocycles. The van der Waals surface area contributed by atoms with E-state index >= 15 is 0 Å². The summed E-state index contributed by atoms with van der Waals surface area (Å²) in [5.41, 5.74) is 0. The van der Waals surface area contributed by atoms with Crippen molar-refractivity contribution in [2.24, 2.45) is 5.92 Å². The van der Waals surface area contributed by atoms with Gasteiger partial charge in [0.05, 0.1) is 12.6 Å². The third-order valence-electron chi connectivity index (χ3n) is 2.27. The first-order valence-electron chi connectivity index (χ1n) is 5.47. The molecule has 0 heterocycles. The topological polar surface area (TPSA) is 21.3 Å². The predicted molar refractivity (Wildman–Crippen MR) is 58.3 cm³/mol. The Hall–Kier alpha value is -0.220. The van der Waals surface area contributed by atoms with Gasteiger partial charge >= 0.3 is 0 Å². The van der Waals surface area contributed by atoms with E-state index in [0.717, 1.165) is 0 Å². The van der Waals surface area contributed by atoms with E-state index in [1.54, 1.807) is 0 Å². The molecule has 4 heteroatoms.